The van der Waals surface area contributed by atoms with E-state index < -0.39 is 21.8 Å². The lowest BCUT2D eigenvalue weighted by Gasteiger charge is -2.24. The van der Waals surface area contributed by atoms with E-state index in [1.165, 1.54) is 7.11 Å². The third kappa shape index (κ3) is 8.32. The standard InChI is InChI=1S/C21H24ClF3N2O5S/c1-31-16-5-3-6-17(14-16)32-12-10-26-20(28)7-4-11-27(33(2,29)30)19-13-15(21(23,24)25)8-9-18(19)22/h3,5-6,8-9,13-14H,4,7,10-12H2,1-2H3,(H,26,28). The van der Waals surface area contributed by atoms with Crippen molar-refractivity contribution in [3.63, 3.8) is 0 Å². The number of benzene rings is 2. The van der Waals surface area contributed by atoms with Gasteiger partial charge in [0, 0.05) is 19.0 Å². The van der Waals surface area contributed by atoms with Gasteiger partial charge in [-0.05, 0) is 36.8 Å². The molecule has 2 rings (SSSR count). The van der Waals surface area contributed by atoms with E-state index in [1.54, 1.807) is 24.3 Å². The smallest absolute Gasteiger partial charge is 0.416 e. The molecule has 0 saturated heterocycles. The molecular formula is C21H24ClF3N2O5S. The van der Waals surface area contributed by atoms with Crippen LogP contribution in [0.5, 0.6) is 11.5 Å². The summed E-state index contributed by atoms with van der Waals surface area (Å²) in [7, 11) is -2.41. The number of methoxy groups -OCH3 is 1. The molecule has 0 unspecified atom stereocenters. The van der Waals surface area contributed by atoms with Crippen LogP contribution in [-0.4, -0.2) is 47.4 Å². The number of ether oxygens (including phenoxy) is 2. The molecule has 12 heteroatoms. The summed E-state index contributed by atoms with van der Waals surface area (Å²) >= 11 is 5.97. The maximum Gasteiger partial charge on any atom is 0.416 e. The van der Waals surface area contributed by atoms with Crippen LogP contribution >= 0.6 is 11.6 Å². The summed E-state index contributed by atoms with van der Waals surface area (Å²) in [5.41, 5.74) is -1.31. The molecule has 1 N–H and O–H groups in total. The number of anilines is 1. The molecule has 0 bridgehead atoms. The number of amides is 1. The first-order chi connectivity index (χ1) is 15.4. The third-order valence-corrected chi connectivity index (χ3v) is 5.94. The van der Waals surface area contributed by atoms with Gasteiger partial charge in [0.2, 0.25) is 15.9 Å². The Kier molecular flexibility index (Phi) is 9.24. The predicted octanol–water partition coefficient (Wildman–Crippen LogP) is 4.11. The fourth-order valence-corrected chi connectivity index (χ4v) is 4.11. The van der Waals surface area contributed by atoms with Crippen molar-refractivity contribution in [3.8, 4) is 11.5 Å². The highest BCUT2D eigenvalue weighted by atomic mass is 35.5. The minimum absolute atomic E-state index is 0.0399. The molecular weight excluding hydrogens is 485 g/mol. The molecule has 7 nitrogen and oxygen atoms in total. The molecule has 0 aliphatic rings. The van der Waals surface area contributed by atoms with Gasteiger partial charge in [0.15, 0.2) is 0 Å². The van der Waals surface area contributed by atoms with E-state index >= 15 is 0 Å². The summed E-state index contributed by atoms with van der Waals surface area (Å²) in [4.78, 5) is 12.0. The van der Waals surface area contributed by atoms with Crippen LogP contribution in [0.1, 0.15) is 18.4 Å². The molecule has 182 valence electrons. The Balaban J connectivity index is 1.89. The maximum absolute atomic E-state index is 13.0. The Morgan fingerprint density at radius 1 is 1.15 bits per heavy atom. The summed E-state index contributed by atoms with van der Waals surface area (Å²) in [5, 5.41) is 2.49. The first-order valence-electron chi connectivity index (χ1n) is 9.80. The van der Waals surface area contributed by atoms with Gasteiger partial charge in [-0.15, -0.1) is 0 Å². The van der Waals surface area contributed by atoms with Gasteiger partial charge in [-0.3, -0.25) is 9.10 Å². The Morgan fingerprint density at radius 2 is 1.85 bits per heavy atom. The van der Waals surface area contributed by atoms with Crippen LogP contribution in [0.4, 0.5) is 18.9 Å². The van der Waals surface area contributed by atoms with Gasteiger partial charge in [0.25, 0.3) is 0 Å². The van der Waals surface area contributed by atoms with E-state index in [4.69, 9.17) is 21.1 Å². The summed E-state index contributed by atoms with van der Waals surface area (Å²) < 4.78 is 74.8. The van der Waals surface area contributed by atoms with Crippen LogP contribution < -0.4 is 19.1 Å². The number of hydrogen-bond acceptors (Lipinski definition) is 5. The lowest BCUT2D eigenvalue weighted by molar-refractivity contribution is -0.137. The van der Waals surface area contributed by atoms with Gasteiger partial charge < -0.3 is 14.8 Å². The molecule has 0 heterocycles. The summed E-state index contributed by atoms with van der Waals surface area (Å²) in [5.74, 6) is 0.853. The van der Waals surface area contributed by atoms with Crippen molar-refractivity contribution >= 4 is 33.2 Å². The molecule has 0 radical (unpaired) electrons. The Hall–Kier alpha value is -2.66. The van der Waals surface area contributed by atoms with Gasteiger partial charge in [-0.2, -0.15) is 13.2 Å². The van der Waals surface area contributed by atoms with Gasteiger partial charge in [-0.1, -0.05) is 17.7 Å². The van der Waals surface area contributed by atoms with Crippen molar-refractivity contribution in [1.29, 1.82) is 0 Å². The van der Waals surface area contributed by atoms with E-state index in [-0.39, 0.29) is 49.2 Å². The van der Waals surface area contributed by atoms with Crippen LogP contribution in [-0.2, 0) is 21.0 Å². The summed E-state index contributed by atoms with van der Waals surface area (Å²) in [6.07, 6.45) is -3.76. The summed E-state index contributed by atoms with van der Waals surface area (Å²) in [6.45, 7) is 0.201. The second kappa shape index (κ2) is 11.5. The van der Waals surface area contributed by atoms with Crippen LogP contribution in [0.15, 0.2) is 42.5 Å². The maximum atomic E-state index is 13.0. The van der Waals surface area contributed by atoms with Crippen molar-refractivity contribution in [2.24, 2.45) is 0 Å². The van der Waals surface area contributed by atoms with Crippen LogP contribution in [0.25, 0.3) is 0 Å². The number of nitrogens with one attached hydrogen (secondary N) is 1. The average Bonchev–Trinajstić information content (AvgIpc) is 2.73. The van der Waals surface area contributed by atoms with E-state index in [2.05, 4.69) is 5.32 Å². The summed E-state index contributed by atoms with van der Waals surface area (Å²) in [6, 6.07) is 9.40. The van der Waals surface area contributed by atoms with Crippen LogP contribution in [0.2, 0.25) is 5.02 Å². The molecule has 0 atom stereocenters. The number of halogens is 4. The van der Waals surface area contributed by atoms with Crippen molar-refractivity contribution in [2.45, 2.75) is 19.0 Å². The molecule has 0 spiro atoms. The zero-order valence-corrected chi connectivity index (χ0v) is 19.6. The van der Waals surface area contributed by atoms with Crippen molar-refractivity contribution in [1.82, 2.24) is 5.32 Å². The topological polar surface area (TPSA) is 84.9 Å². The largest absolute Gasteiger partial charge is 0.497 e. The highest BCUT2D eigenvalue weighted by Crippen LogP contribution is 2.36. The number of hydrogen-bond donors (Lipinski definition) is 1. The number of carbonyl (C=O) groups excluding carboxylic acids is 1. The van der Waals surface area contributed by atoms with Gasteiger partial charge in [0.05, 0.1) is 36.2 Å². The number of nitrogens with zero attached hydrogens (tertiary/aromatic N) is 1. The van der Waals surface area contributed by atoms with Crippen molar-refractivity contribution < 1.29 is 35.9 Å². The highest BCUT2D eigenvalue weighted by Gasteiger charge is 2.32. The minimum atomic E-state index is -4.66. The second-order valence-corrected chi connectivity index (χ2v) is 9.29. The lowest BCUT2D eigenvalue weighted by atomic mass is 10.2. The highest BCUT2D eigenvalue weighted by molar-refractivity contribution is 7.92. The van der Waals surface area contributed by atoms with Gasteiger partial charge >= 0.3 is 6.18 Å². The molecule has 0 aromatic heterocycles. The van der Waals surface area contributed by atoms with E-state index in [0.717, 1.165) is 22.7 Å². The molecule has 2 aromatic carbocycles. The monoisotopic (exact) mass is 508 g/mol. The van der Waals surface area contributed by atoms with Crippen molar-refractivity contribution in [3.05, 3.63) is 53.1 Å². The van der Waals surface area contributed by atoms with E-state index in [1.807, 2.05) is 0 Å². The first-order valence-corrected chi connectivity index (χ1v) is 12.0. The molecule has 2 aromatic rings. The molecule has 33 heavy (non-hydrogen) atoms. The molecule has 0 aliphatic carbocycles. The minimum Gasteiger partial charge on any atom is -0.497 e. The van der Waals surface area contributed by atoms with Crippen molar-refractivity contribution in [2.75, 3.05) is 37.4 Å². The van der Waals surface area contributed by atoms with Crippen LogP contribution in [0.3, 0.4) is 0 Å². The Bertz CT molecular complexity index is 1060. The number of alkyl halides is 3. The first kappa shape index (κ1) is 26.6. The SMILES string of the molecule is COc1cccc(OCCNC(=O)CCCN(c2cc(C(F)(F)F)ccc2Cl)S(C)(=O)=O)c1. The third-order valence-electron chi connectivity index (χ3n) is 4.44. The Labute approximate surface area is 195 Å². The zero-order valence-electron chi connectivity index (χ0n) is 18.0. The zero-order chi connectivity index (χ0) is 24.6. The fourth-order valence-electron chi connectivity index (χ4n) is 2.87. The van der Waals surface area contributed by atoms with Gasteiger partial charge in [0.1, 0.15) is 18.1 Å². The molecule has 0 saturated carbocycles. The number of rotatable bonds is 11. The van der Waals surface area contributed by atoms with E-state index in [9.17, 15) is 26.4 Å². The molecule has 1 amide bonds. The molecule has 0 aliphatic heterocycles. The van der Waals surface area contributed by atoms with Gasteiger partial charge in [-0.25, -0.2) is 8.42 Å². The lowest BCUT2D eigenvalue weighted by Crippen LogP contribution is -2.33. The predicted molar refractivity (Wildman–Crippen MR) is 119 cm³/mol. The quantitative estimate of drug-likeness (QED) is 0.462. The average molecular weight is 509 g/mol. The number of sulfonamides is 1. The normalized spacial score (nSPS) is 11.7. The second-order valence-electron chi connectivity index (χ2n) is 6.98. The van der Waals surface area contributed by atoms with E-state index in [0.29, 0.717) is 17.6 Å². The van der Waals surface area contributed by atoms with Crippen LogP contribution in [0, 0.1) is 0 Å². The Morgan fingerprint density at radius 3 is 2.48 bits per heavy atom. The fraction of sp³-hybridized carbons (Fsp3) is 0.381. The molecule has 0 fully saturated rings. The number of carbonyl (C=O) groups is 1.